The van der Waals surface area contributed by atoms with Crippen molar-refractivity contribution in [1.29, 1.82) is 0 Å². The largest absolute Gasteiger partial charge is 0.336 e. The van der Waals surface area contributed by atoms with Crippen LogP contribution in [-0.4, -0.2) is 32.6 Å². The number of benzene rings is 1. The highest BCUT2D eigenvalue weighted by Crippen LogP contribution is 2.33. The third-order valence-electron chi connectivity index (χ3n) is 4.04. The number of anilines is 1. The van der Waals surface area contributed by atoms with Gasteiger partial charge < -0.3 is 10.7 Å². The van der Waals surface area contributed by atoms with Gasteiger partial charge in [-0.15, -0.1) is 10.2 Å². The summed E-state index contributed by atoms with van der Waals surface area (Å²) in [5, 5.41) is 8.38. The van der Waals surface area contributed by atoms with E-state index in [1.165, 1.54) is 27.4 Å². The van der Waals surface area contributed by atoms with Gasteiger partial charge in [-0.2, -0.15) is 0 Å². The van der Waals surface area contributed by atoms with Crippen molar-refractivity contribution in [2.24, 2.45) is 0 Å². The van der Waals surface area contributed by atoms with Crippen molar-refractivity contribution >= 4 is 23.4 Å². The monoisotopic (exact) mass is 349 g/mol. The number of aromatic nitrogens is 3. The average Bonchev–Trinajstić information content (AvgIpc) is 3.11. The summed E-state index contributed by atoms with van der Waals surface area (Å²) in [5.74, 6) is 6.23. The van der Waals surface area contributed by atoms with Crippen molar-refractivity contribution in [3.05, 3.63) is 35.9 Å². The first-order chi connectivity index (χ1) is 11.6. The fraction of sp³-hybridized carbons (Fsp3) is 0.438. The van der Waals surface area contributed by atoms with Gasteiger partial charge in [0.2, 0.25) is 11.1 Å². The summed E-state index contributed by atoms with van der Waals surface area (Å²) >= 11 is 1.30. The summed E-state index contributed by atoms with van der Waals surface area (Å²) < 4.78 is 15.4. The van der Waals surface area contributed by atoms with E-state index < -0.39 is 0 Å². The van der Waals surface area contributed by atoms with E-state index in [-0.39, 0.29) is 17.0 Å². The predicted molar refractivity (Wildman–Crippen MR) is 91.8 cm³/mol. The van der Waals surface area contributed by atoms with Gasteiger partial charge >= 0.3 is 0 Å². The minimum Gasteiger partial charge on any atom is -0.336 e. The first kappa shape index (κ1) is 16.8. The summed E-state index contributed by atoms with van der Waals surface area (Å²) in [6, 6.07) is 6.32. The lowest BCUT2D eigenvalue weighted by molar-refractivity contribution is -0.116. The lowest BCUT2D eigenvalue weighted by atomic mass is 10.2. The molecule has 128 valence electrons. The molecule has 1 aliphatic rings. The summed E-state index contributed by atoms with van der Waals surface area (Å²) in [4.78, 5) is 14.1. The predicted octanol–water partition coefficient (Wildman–Crippen LogP) is 2.37. The molecule has 2 heterocycles. The van der Waals surface area contributed by atoms with Crippen molar-refractivity contribution in [3.63, 3.8) is 0 Å². The fourth-order valence-electron chi connectivity index (χ4n) is 2.69. The van der Waals surface area contributed by atoms with Crippen LogP contribution in [0.15, 0.2) is 29.4 Å². The van der Waals surface area contributed by atoms with Crippen molar-refractivity contribution < 1.29 is 9.18 Å². The number of thioether (sulfide) groups is 1. The Balaban J connectivity index is 1.70. The topological polar surface area (TPSA) is 77.0 Å². The molecule has 1 saturated heterocycles. The van der Waals surface area contributed by atoms with Crippen LogP contribution in [0.25, 0.3) is 0 Å². The van der Waals surface area contributed by atoms with Crippen LogP contribution >= 0.6 is 11.8 Å². The Labute approximate surface area is 144 Å². The van der Waals surface area contributed by atoms with E-state index in [4.69, 9.17) is 5.84 Å². The van der Waals surface area contributed by atoms with E-state index in [1.807, 2.05) is 0 Å². The molecular formula is C16H20FN5OS. The van der Waals surface area contributed by atoms with Crippen molar-refractivity contribution in [2.75, 3.05) is 17.3 Å². The molecule has 1 aromatic heterocycles. The molecular weight excluding hydrogens is 329 g/mol. The molecule has 8 heteroatoms. The molecule has 6 nitrogen and oxygen atoms in total. The number of carbonyl (C=O) groups is 1. The number of rotatable bonds is 6. The van der Waals surface area contributed by atoms with E-state index in [2.05, 4.69) is 17.1 Å². The molecule has 0 aliphatic carbocycles. The van der Waals surface area contributed by atoms with E-state index in [0.29, 0.717) is 23.8 Å². The quantitative estimate of drug-likeness (QED) is 0.810. The first-order valence-corrected chi connectivity index (χ1v) is 8.91. The van der Waals surface area contributed by atoms with Gasteiger partial charge in [-0.1, -0.05) is 37.2 Å². The normalized spacial score (nSPS) is 17.7. The Hall–Kier alpha value is -2.09. The van der Waals surface area contributed by atoms with E-state index >= 15 is 0 Å². The minimum atomic E-state index is -0.389. The second-order valence-corrected chi connectivity index (χ2v) is 6.88. The average molecular weight is 349 g/mol. The first-order valence-electron chi connectivity index (χ1n) is 8.03. The van der Waals surface area contributed by atoms with Gasteiger partial charge in [-0.25, -0.2) is 9.07 Å². The molecule has 3 rings (SSSR count). The second-order valence-electron chi connectivity index (χ2n) is 5.71. The van der Waals surface area contributed by atoms with Gasteiger partial charge in [-0.3, -0.25) is 4.79 Å². The van der Waals surface area contributed by atoms with E-state index in [1.54, 1.807) is 18.2 Å². The number of halogens is 1. The minimum absolute atomic E-state index is 0.122. The highest BCUT2D eigenvalue weighted by molar-refractivity contribution is 8.00. The zero-order valence-corrected chi connectivity index (χ0v) is 14.3. The highest BCUT2D eigenvalue weighted by Gasteiger charge is 2.35. The van der Waals surface area contributed by atoms with Crippen LogP contribution in [0.5, 0.6) is 0 Å². The smallest absolute Gasteiger partial charge is 0.240 e. The molecule has 1 aromatic carbocycles. The Morgan fingerprint density at radius 3 is 2.92 bits per heavy atom. The van der Waals surface area contributed by atoms with Gasteiger partial charge in [0.05, 0.1) is 10.9 Å². The highest BCUT2D eigenvalue weighted by atomic mass is 32.2. The number of nitrogens with zero attached hydrogens (tertiary/aromatic N) is 4. The van der Waals surface area contributed by atoms with Gasteiger partial charge in [0.15, 0.2) is 5.82 Å². The molecule has 0 radical (unpaired) electrons. The van der Waals surface area contributed by atoms with Crippen LogP contribution in [-0.2, 0) is 11.2 Å². The van der Waals surface area contributed by atoms with Crippen molar-refractivity contribution in [2.45, 2.75) is 43.0 Å². The molecule has 1 atom stereocenters. The van der Waals surface area contributed by atoms with Gasteiger partial charge in [0.1, 0.15) is 5.82 Å². The van der Waals surface area contributed by atoms with E-state index in [9.17, 15) is 9.18 Å². The van der Waals surface area contributed by atoms with Gasteiger partial charge in [0, 0.05) is 13.0 Å². The zero-order chi connectivity index (χ0) is 17.1. The maximum absolute atomic E-state index is 13.9. The van der Waals surface area contributed by atoms with Crippen LogP contribution < -0.4 is 10.7 Å². The summed E-state index contributed by atoms with van der Waals surface area (Å²) in [7, 11) is 0. The molecule has 1 amide bonds. The molecule has 0 unspecified atom stereocenters. The maximum atomic E-state index is 13.9. The van der Waals surface area contributed by atoms with Gasteiger partial charge in [0.25, 0.3) is 0 Å². The summed E-state index contributed by atoms with van der Waals surface area (Å²) in [5.41, 5.74) is 0.323. The number of unbranched alkanes of at least 4 members (excludes halogenated alkanes) is 1. The molecule has 2 aromatic rings. The number of carbonyl (C=O) groups excluding carboxylic acids is 1. The Bertz CT molecular complexity index is 735. The maximum Gasteiger partial charge on any atom is 0.240 e. The third-order valence-corrected chi connectivity index (χ3v) is 5.25. The Morgan fingerprint density at radius 1 is 1.38 bits per heavy atom. The van der Waals surface area contributed by atoms with Crippen molar-refractivity contribution in [3.8, 4) is 0 Å². The van der Waals surface area contributed by atoms with Crippen LogP contribution in [0, 0.1) is 5.82 Å². The number of amides is 1. The summed E-state index contributed by atoms with van der Waals surface area (Å²) in [6.07, 6.45) is 3.42. The number of hydrogen-bond acceptors (Lipinski definition) is 5. The molecule has 1 fully saturated rings. The molecule has 0 spiro atoms. The second kappa shape index (κ2) is 7.21. The fourth-order valence-corrected chi connectivity index (χ4v) is 3.71. The zero-order valence-electron chi connectivity index (χ0n) is 13.5. The lowest BCUT2D eigenvalue weighted by Crippen LogP contribution is -2.29. The number of hydrogen-bond donors (Lipinski definition) is 1. The Kier molecular flexibility index (Phi) is 5.03. The van der Waals surface area contributed by atoms with Crippen LogP contribution in [0.3, 0.4) is 0 Å². The van der Waals surface area contributed by atoms with Crippen LogP contribution in [0.2, 0.25) is 0 Å². The number of aryl methyl sites for hydroxylation is 1. The van der Waals surface area contributed by atoms with Crippen LogP contribution in [0.1, 0.15) is 32.0 Å². The Morgan fingerprint density at radius 2 is 2.17 bits per heavy atom. The molecule has 1 aliphatic heterocycles. The van der Waals surface area contributed by atoms with E-state index in [0.717, 1.165) is 25.1 Å². The molecule has 0 bridgehead atoms. The molecule has 24 heavy (non-hydrogen) atoms. The number of nitrogen functional groups attached to an aromatic ring is 1. The SMILES string of the molecule is CCCCc1nnc(S[C@H]2CCN(c3ccccc3F)C2=O)n1N. The molecule has 2 N–H and O–H groups in total. The van der Waals surface area contributed by atoms with Gasteiger partial charge in [-0.05, 0) is 25.0 Å². The van der Waals surface area contributed by atoms with Crippen molar-refractivity contribution in [1.82, 2.24) is 14.9 Å². The lowest BCUT2D eigenvalue weighted by Gasteiger charge is -2.17. The standard InChI is InChI=1S/C16H20FN5OS/c1-2-3-8-14-19-20-16(22(14)18)24-13-9-10-21(15(13)23)12-7-5-4-6-11(12)17/h4-7,13H,2-3,8-10,18H2,1H3/t13-/m0/s1. The number of para-hydroxylation sites is 1. The number of nitrogens with two attached hydrogens (primary N) is 1. The third kappa shape index (κ3) is 3.24. The molecule has 0 saturated carbocycles. The summed E-state index contributed by atoms with van der Waals surface area (Å²) in [6.45, 7) is 2.58. The van der Waals surface area contributed by atoms with Crippen LogP contribution in [0.4, 0.5) is 10.1 Å².